The number of aromatic nitrogens is 1. The van der Waals surface area contributed by atoms with Crippen LogP contribution in [0.15, 0.2) is 47.8 Å². The van der Waals surface area contributed by atoms with E-state index in [0.717, 1.165) is 33.1 Å². The van der Waals surface area contributed by atoms with Crippen LogP contribution in [0.1, 0.15) is 16.8 Å². The minimum atomic E-state index is -0.272. The van der Waals surface area contributed by atoms with Crippen LogP contribution in [0.25, 0.3) is 10.6 Å². The first-order valence-electron chi connectivity index (χ1n) is 9.59. The van der Waals surface area contributed by atoms with Crippen LogP contribution in [0, 0.1) is 20.8 Å². The van der Waals surface area contributed by atoms with Crippen LogP contribution in [0.3, 0.4) is 0 Å². The summed E-state index contributed by atoms with van der Waals surface area (Å²) in [6, 6.07) is 13.3. The highest BCUT2D eigenvalue weighted by atomic mass is 32.1. The van der Waals surface area contributed by atoms with Gasteiger partial charge in [0.2, 0.25) is 5.91 Å². The van der Waals surface area contributed by atoms with Crippen molar-refractivity contribution >= 4 is 28.8 Å². The Morgan fingerprint density at radius 2 is 1.73 bits per heavy atom. The number of hydrogen-bond acceptors (Lipinski definition) is 5. The Kier molecular flexibility index (Phi) is 6.84. The third-order valence-electron chi connectivity index (χ3n) is 4.63. The second-order valence-electron chi connectivity index (χ2n) is 7.17. The number of nitrogens with one attached hydrogen (secondary N) is 1. The van der Waals surface area contributed by atoms with Gasteiger partial charge in [0.25, 0.3) is 5.91 Å². The van der Waals surface area contributed by atoms with Crippen LogP contribution in [0.2, 0.25) is 0 Å². The Balaban J connectivity index is 1.50. The van der Waals surface area contributed by atoms with Gasteiger partial charge < -0.3 is 15.0 Å². The van der Waals surface area contributed by atoms with Crippen molar-refractivity contribution < 1.29 is 14.3 Å². The van der Waals surface area contributed by atoms with Gasteiger partial charge in [-0.2, -0.15) is 0 Å². The molecule has 3 aromatic rings. The number of anilines is 1. The number of rotatable bonds is 7. The van der Waals surface area contributed by atoms with Crippen molar-refractivity contribution in [3.63, 3.8) is 0 Å². The summed E-state index contributed by atoms with van der Waals surface area (Å²) in [6.45, 7) is 5.65. The van der Waals surface area contributed by atoms with Crippen LogP contribution in [-0.4, -0.2) is 41.9 Å². The van der Waals surface area contributed by atoms with E-state index in [2.05, 4.69) is 10.3 Å². The number of hydrogen-bond donors (Lipinski definition) is 1. The number of aryl methyl sites for hydroxylation is 3. The Morgan fingerprint density at radius 3 is 2.33 bits per heavy atom. The van der Waals surface area contributed by atoms with Gasteiger partial charge in [0.1, 0.15) is 10.8 Å². The molecular formula is C23H25N3O3S. The van der Waals surface area contributed by atoms with Gasteiger partial charge >= 0.3 is 0 Å². The maximum atomic E-state index is 12.3. The van der Waals surface area contributed by atoms with Gasteiger partial charge in [0.05, 0.1) is 6.54 Å². The first-order valence-corrected chi connectivity index (χ1v) is 10.5. The molecule has 1 aromatic heterocycles. The summed E-state index contributed by atoms with van der Waals surface area (Å²) in [5.41, 5.74) is 4.75. The van der Waals surface area contributed by atoms with Crippen molar-refractivity contribution in [3.05, 3.63) is 64.7 Å². The molecule has 0 aliphatic carbocycles. The van der Waals surface area contributed by atoms with Crippen LogP contribution in [0.5, 0.6) is 5.75 Å². The lowest BCUT2D eigenvalue weighted by atomic mass is 10.1. The molecule has 0 fully saturated rings. The first kappa shape index (κ1) is 21.5. The molecule has 0 spiro atoms. The third-order valence-corrected chi connectivity index (χ3v) is 5.64. The van der Waals surface area contributed by atoms with Crippen molar-refractivity contribution in [2.24, 2.45) is 0 Å². The Labute approximate surface area is 180 Å². The van der Waals surface area contributed by atoms with E-state index in [0.29, 0.717) is 5.75 Å². The fourth-order valence-electron chi connectivity index (χ4n) is 2.93. The van der Waals surface area contributed by atoms with Gasteiger partial charge in [-0.05, 0) is 56.2 Å². The van der Waals surface area contributed by atoms with E-state index >= 15 is 0 Å². The highest BCUT2D eigenvalue weighted by Gasteiger charge is 2.15. The summed E-state index contributed by atoms with van der Waals surface area (Å²) in [7, 11) is 1.59. The number of carbonyl (C=O) groups is 2. The van der Waals surface area contributed by atoms with Gasteiger partial charge in [-0.3, -0.25) is 9.59 Å². The minimum Gasteiger partial charge on any atom is -0.484 e. The van der Waals surface area contributed by atoms with Crippen molar-refractivity contribution in [1.29, 1.82) is 0 Å². The molecule has 0 aliphatic heterocycles. The van der Waals surface area contributed by atoms with E-state index in [9.17, 15) is 9.59 Å². The predicted molar refractivity (Wildman–Crippen MR) is 120 cm³/mol. The van der Waals surface area contributed by atoms with Crippen LogP contribution in [0.4, 0.5) is 5.69 Å². The van der Waals surface area contributed by atoms with E-state index in [1.165, 1.54) is 4.90 Å². The van der Waals surface area contributed by atoms with Crippen molar-refractivity contribution in [3.8, 4) is 16.3 Å². The number of likely N-dealkylation sites (N-methyl/N-ethyl adjacent to an activating group) is 1. The molecular weight excluding hydrogens is 398 g/mol. The molecule has 156 valence electrons. The number of thiazole rings is 1. The second-order valence-corrected chi connectivity index (χ2v) is 8.03. The molecule has 0 saturated carbocycles. The average Bonchev–Trinajstić information content (AvgIpc) is 3.15. The number of carbonyl (C=O) groups excluding carboxylic acids is 2. The molecule has 0 bridgehead atoms. The van der Waals surface area contributed by atoms with Crippen LogP contribution < -0.4 is 10.1 Å². The van der Waals surface area contributed by atoms with Crippen molar-refractivity contribution in [2.75, 3.05) is 25.5 Å². The predicted octanol–water partition coefficient (Wildman–Crippen LogP) is 4.21. The van der Waals surface area contributed by atoms with E-state index in [-0.39, 0.29) is 25.0 Å². The number of ether oxygens (including phenoxy) is 1. The van der Waals surface area contributed by atoms with E-state index in [4.69, 9.17) is 4.74 Å². The summed E-state index contributed by atoms with van der Waals surface area (Å²) < 4.78 is 5.58. The topological polar surface area (TPSA) is 71.5 Å². The molecule has 0 atom stereocenters. The number of nitrogens with zero attached hydrogens (tertiary/aromatic N) is 2. The number of amides is 2. The smallest absolute Gasteiger partial charge is 0.260 e. The highest BCUT2D eigenvalue weighted by molar-refractivity contribution is 7.13. The third kappa shape index (κ3) is 5.45. The summed E-state index contributed by atoms with van der Waals surface area (Å²) in [5, 5.41) is 5.84. The summed E-state index contributed by atoms with van der Waals surface area (Å²) >= 11 is 1.59. The zero-order chi connectivity index (χ0) is 21.7. The SMILES string of the molecule is Cc1csc(-c2ccc(OCC(=O)N(C)CC(=O)Nc3c(C)cccc3C)cc2)n1. The van der Waals surface area contributed by atoms with Gasteiger partial charge in [-0.15, -0.1) is 11.3 Å². The lowest BCUT2D eigenvalue weighted by Gasteiger charge is -2.18. The van der Waals surface area contributed by atoms with Crippen molar-refractivity contribution in [2.45, 2.75) is 20.8 Å². The van der Waals surface area contributed by atoms with E-state index < -0.39 is 0 Å². The fraction of sp³-hybridized carbons (Fsp3) is 0.261. The largest absolute Gasteiger partial charge is 0.484 e. The maximum absolute atomic E-state index is 12.3. The maximum Gasteiger partial charge on any atom is 0.260 e. The highest BCUT2D eigenvalue weighted by Crippen LogP contribution is 2.25. The molecule has 0 unspecified atom stereocenters. The van der Waals surface area contributed by atoms with Crippen LogP contribution >= 0.6 is 11.3 Å². The Hall–Kier alpha value is -3.19. The molecule has 30 heavy (non-hydrogen) atoms. The number of benzene rings is 2. The Morgan fingerprint density at radius 1 is 1.07 bits per heavy atom. The zero-order valence-corrected chi connectivity index (χ0v) is 18.4. The first-order chi connectivity index (χ1) is 14.3. The molecule has 2 amide bonds. The normalized spacial score (nSPS) is 10.5. The summed E-state index contributed by atoms with van der Waals surface area (Å²) in [4.78, 5) is 30.5. The van der Waals surface area contributed by atoms with Gasteiger partial charge in [0.15, 0.2) is 6.61 Å². The molecule has 7 heteroatoms. The minimum absolute atomic E-state index is 0.0433. The molecule has 0 aliphatic rings. The molecule has 0 radical (unpaired) electrons. The zero-order valence-electron chi connectivity index (χ0n) is 17.6. The molecule has 6 nitrogen and oxygen atoms in total. The van der Waals surface area contributed by atoms with E-state index in [1.54, 1.807) is 18.4 Å². The molecule has 1 heterocycles. The van der Waals surface area contributed by atoms with Gasteiger partial charge in [0, 0.05) is 29.4 Å². The van der Waals surface area contributed by atoms with Crippen molar-refractivity contribution in [1.82, 2.24) is 9.88 Å². The van der Waals surface area contributed by atoms with E-state index in [1.807, 2.05) is 68.6 Å². The molecule has 0 saturated heterocycles. The number of para-hydroxylation sites is 1. The standard InChI is InChI=1S/C23H25N3O3S/c1-15-6-5-7-16(2)22(15)25-20(27)12-26(4)21(28)13-29-19-10-8-18(9-11-19)23-24-17(3)14-30-23/h5-11,14H,12-13H2,1-4H3,(H,25,27). The second kappa shape index (κ2) is 9.54. The van der Waals surface area contributed by atoms with Crippen LogP contribution in [-0.2, 0) is 9.59 Å². The van der Waals surface area contributed by atoms with Gasteiger partial charge in [-0.25, -0.2) is 4.98 Å². The fourth-order valence-corrected chi connectivity index (χ4v) is 3.73. The summed E-state index contributed by atoms with van der Waals surface area (Å²) in [5.74, 6) is 0.0754. The average molecular weight is 424 g/mol. The van der Waals surface area contributed by atoms with Gasteiger partial charge in [-0.1, -0.05) is 18.2 Å². The molecule has 1 N–H and O–H groups in total. The summed E-state index contributed by atoms with van der Waals surface area (Å²) in [6.07, 6.45) is 0. The Bertz CT molecular complexity index is 1020. The molecule has 3 rings (SSSR count). The monoisotopic (exact) mass is 423 g/mol. The lowest BCUT2D eigenvalue weighted by molar-refractivity contribution is -0.135. The quantitative estimate of drug-likeness (QED) is 0.618. The lowest BCUT2D eigenvalue weighted by Crippen LogP contribution is -2.37. The molecule has 2 aromatic carbocycles.